The molecule has 174 valence electrons. The quantitative estimate of drug-likeness (QED) is 0.647. The van der Waals surface area contributed by atoms with Crippen LogP contribution in [0.25, 0.3) is 0 Å². The Balaban J connectivity index is 1.18. The molecule has 4 heterocycles. The number of ether oxygens (including phenoxy) is 1. The Labute approximate surface area is 196 Å². The van der Waals surface area contributed by atoms with Gasteiger partial charge in [0.05, 0.1) is 6.04 Å². The fraction of sp³-hybridized carbons (Fsp3) is 0.536. The second kappa shape index (κ2) is 8.35. The van der Waals surface area contributed by atoms with E-state index in [1.54, 1.807) is 0 Å². The van der Waals surface area contributed by atoms with Crippen LogP contribution in [0, 0.1) is 17.8 Å². The lowest BCUT2D eigenvalue weighted by Crippen LogP contribution is -2.59. The number of carbonyl (C=O) groups excluding carboxylic acids is 1. The molecule has 4 bridgehead atoms. The van der Waals surface area contributed by atoms with Gasteiger partial charge in [-0.25, -0.2) is 4.79 Å². The predicted octanol–water partition coefficient (Wildman–Crippen LogP) is 5.55. The largest absolute Gasteiger partial charge is 0.413 e. The zero-order chi connectivity index (χ0) is 22.5. The summed E-state index contributed by atoms with van der Waals surface area (Å²) in [5.41, 5.74) is 3.63. The lowest BCUT2D eigenvalue weighted by atomic mass is 9.63. The third-order valence-electron chi connectivity index (χ3n) is 8.81. The van der Waals surface area contributed by atoms with Crippen LogP contribution in [-0.4, -0.2) is 36.2 Å². The van der Waals surface area contributed by atoms with Crippen LogP contribution in [0.5, 0.6) is 5.75 Å². The highest BCUT2D eigenvalue weighted by molar-refractivity contribution is 5.72. The molecule has 4 fully saturated rings. The molecule has 1 aliphatic carbocycles. The van der Waals surface area contributed by atoms with Gasteiger partial charge in [-0.3, -0.25) is 4.90 Å². The number of anilines is 1. The molecule has 33 heavy (non-hydrogen) atoms. The van der Waals surface area contributed by atoms with E-state index in [4.69, 9.17) is 4.74 Å². The molecule has 2 N–H and O–H groups in total. The van der Waals surface area contributed by atoms with Crippen LogP contribution in [0.15, 0.2) is 48.5 Å². The second-order valence-corrected chi connectivity index (χ2v) is 10.6. The monoisotopic (exact) mass is 445 g/mol. The number of nitrogens with zero attached hydrogens (tertiary/aromatic N) is 1. The first-order valence-electron chi connectivity index (χ1n) is 12.8. The zero-order valence-corrected chi connectivity index (χ0v) is 19.7. The van der Waals surface area contributed by atoms with Crippen LogP contribution in [0.4, 0.5) is 10.5 Å². The van der Waals surface area contributed by atoms with Crippen molar-refractivity contribution in [2.75, 3.05) is 18.4 Å². The van der Waals surface area contributed by atoms with Crippen molar-refractivity contribution in [1.82, 2.24) is 10.2 Å². The molecule has 1 saturated carbocycles. The van der Waals surface area contributed by atoms with E-state index in [0.717, 1.165) is 29.4 Å². The van der Waals surface area contributed by atoms with E-state index in [1.807, 2.05) is 43.3 Å². The van der Waals surface area contributed by atoms with E-state index in [0.29, 0.717) is 17.7 Å². The maximum absolute atomic E-state index is 12.6. The van der Waals surface area contributed by atoms with Crippen LogP contribution in [0.2, 0.25) is 0 Å². The summed E-state index contributed by atoms with van der Waals surface area (Å²) in [7, 11) is 0. The van der Waals surface area contributed by atoms with Crippen LogP contribution in [0.1, 0.15) is 62.6 Å². The Morgan fingerprint density at radius 3 is 2.88 bits per heavy atom. The Kier molecular flexibility index (Phi) is 5.33. The van der Waals surface area contributed by atoms with Crippen molar-refractivity contribution < 1.29 is 9.53 Å². The topological polar surface area (TPSA) is 53.6 Å². The van der Waals surface area contributed by atoms with E-state index in [9.17, 15) is 4.79 Å². The molecule has 0 radical (unpaired) electrons. The predicted molar refractivity (Wildman–Crippen MR) is 131 cm³/mol. The molecule has 2 aromatic carbocycles. The number of hydrogen-bond donors (Lipinski definition) is 2. The molecule has 4 aliphatic heterocycles. The highest BCUT2D eigenvalue weighted by Gasteiger charge is 2.53. The number of rotatable bonds is 4. The van der Waals surface area contributed by atoms with Crippen molar-refractivity contribution in [1.29, 1.82) is 0 Å². The highest BCUT2D eigenvalue weighted by Crippen LogP contribution is 2.53. The standard InChI is InChI=1S/C28H35N3O2/c1-3-19-13-18-14-24-26-22(11-12-31(16-18)27(19)24)23-15-21(9-10-25(23)30-26)33-28(32)29-17(2)20-7-5-4-6-8-20/h4-10,15,17-19,22,24,26-27,30H,3,11-14,16H2,1-2H3,(H,29,32). The molecule has 5 heteroatoms. The van der Waals surface area contributed by atoms with Gasteiger partial charge in [-0.2, -0.15) is 0 Å². The van der Waals surface area contributed by atoms with E-state index in [-0.39, 0.29) is 6.04 Å². The average molecular weight is 446 g/mol. The smallest absolute Gasteiger partial charge is 0.410 e. The van der Waals surface area contributed by atoms with Gasteiger partial charge >= 0.3 is 6.09 Å². The summed E-state index contributed by atoms with van der Waals surface area (Å²) in [4.78, 5) is 15.4. The minimum atomic E-state index is -0.403. The van der Waals surface area contributed by atoms with Gasteiger partial charge in [-0.05, 0) is 79.8 Å². The third kappa shape index (κ3) is 3.71. The van der Waals surface area contributed by atoms with Crippen LogP contribution in [-0.2, 0) is 0 Å². The van der Waals surface area contributed by atoms with Gasteiger partial charge in [-0.15, -0.1) is 0 Å². The van der Waals surface area contributed by atoms with Crippen molar-refractivity contribution in [2.45, 2.75) is 63.6 Å². The minimum Gasteiger partial charge on any atom is -0.410 e. The van der Waals surface area contributed by atoms with Gasteiger partial charge in [-0.1, -0.05) is 43.7 Å². The third-order valence-corrected chi connectivity index (χ3v) is 8.81. The van der Waals surface area contributed by atoms with E-state index in [1.165, 1.54) is 50.0 Å². The molecular weight excluding hydrogens is 410 g/mol. The van der Waals surface area contributed by atoms with Crippen molar-refractivity contribution >= 4 is 11.8 Å². The maximum Gasteiger partial charge on any atom is 0.413 e. The van der Waals surface area contributed by atoms with Crippen LogP contribution >= 0.6 is 0 Å². The Morgan fingerprint density at radius 2 is 2.06 bits per heavy atom. The van der Waals surface area contributed by atoms with Gasteiger partial charge in [0.2, 0.25) is 0 Å². The molecule has 8 atom stereocenters. The highest BCUT2D eigenvalue weighted by atomic mass is 16.6. The number of nitrogens with one attached hydrogen (secondary N) is 2. The molecule has 0 spiro atoms. The first kappa shape index (κ1) is 21.0. The van der Waals surface area contributed by atoms with Gasteiger partial charge in [0.1, 0.15) is 5.75 Å². The Bertz CT molecular complexity index is 1030. The average Bonchev–Trinajstić information content (AvgIpc) is 3.15. The second-order valence-electron chi connectivity index (χ2n) is 10.6. The fourth-order valence-electron chi connectivity index (χ4n) is 7.42. The van der Waals surface area contributed by atoms with Gasteiger partial charge in [0.15, 0.2) is 0 Å². The molecule has 5 aliphatic rings. The number of benzene rings is 2. The summed E-state index contributed by atoms with van der Waals surface area (Å²) in [5, 5.41) is 6.87. The molecule has 0 aromatic heterocycles. The lowest BCUT2D eigenvalue weighted by Gasteiger charge is -2.54. The molecule has 2 aromatic rings. The van der Waals surface area contributed by atoms with E-state index >= 15 is 0 Å². The number of amides is 1. The molecule has 5 nitrogen and oxygen atoms in total. The number of fused-ring (bicyclic) bond motifs is 4. The fourth-order valence-corrected chi connectivity index (χ4v) is 7.42. The Morgan fingerprint density at radius 1 is 1.21 bits per heavy atom. The molecule has 1 amide bonds. The van der Waals surface area contributed by atoms with Gasteiger partial charge in [0.25, 0.3) is 0 Å². The summed E-state index contributed by atoms with van der Waals surface area (Å²) in [6, 6.07) is 17.3. The first-order chi connectivity index (χ1) is 16.1. The number of carbonyl (C=O) groups is 1. The first-order valence-corrected chi connectivity index (χ1v) is 12.8. The van der Waals surface area contributed by atoms with Gasteiger partial charge in [0, 0.05) is 30.2 Å². The lowest BCUT2D eigenvalue weighted by molar-refractivity contribution is -0.0383. The summed E-state index contributed by atoms with van der Waals surface area (Å²) < 4.78 is 5.72. The van der Waals surface area contributed by atoms with Crippen LogP contribution in [0.3, 0.4) is 0 Å². The van der Waals surface area contributed by atoms with Crippen molar-refractivity contribution in [2.24, 2.45) is 17.8 Å². The van der Waals surface area contributed by atoms with E-state index in [2.05, 4.69) is 34.6 Å². The normalized spacial score (nSPS) is 34.4. The van der Waals surface area contributed by atoms with Crippen molar-refractivity contribution in [3.8, 4) is 5.75 Å². The van der Waals surface area contributed by atoms with Crippen molar-refractivity contribution in [3.05, 3.63) is 59.7 Å². The summed E-state index contributed by atoms with van der Waals surface area (Å²) >= 11 is 0. The summed E-state index contributed by atoms with van der Waals surface area (Å²) in [5.74, 6) is 3.57. The summed E-state index contributed by atoms with van der Waals surface area (Å²) in [6.07, 6.45) is 4.87. The molecule has 7 rings (SSSR count). The maximum atomic E-state index is 12.6. The minimum absolute atomic E-state index is 0.101. The van der Waals surface area contributed by atoms with Crippen molar-refractivity contribution in [3.63, 3.8) is 0 Å². The summed E-state index contributed by atoms with van der Waals surface area (Å²) in [6.45, 7) is 6.84. The van der Waals surface area contributed by atoms with Crippen LogP contribution < -0.4 is 15.4 Å². The molecule has 3 saturated heterocycles. The molecular formula is C28H35N3O2. The number of hydrogen-bond acceptors (Lipinski definition) is 4. The van der Waals surface area contributed by atoms with E-state index < -0.39 is 6.09 Å². The number of piperidine rings is 2. The molecule has 8 unspecified atom stereocenters. The Hall–Kier alpha value is -2.53. The van der Waals surface area contributed by atoms with Gasteiger partial charge < -0.3 is 15.4 Å². The SMILES string of the molecule is CCC1CC2CC3C4Nc5ccc(OC(=O)NC(C)c6ccccc6)cc5C4CCN(C2)C13. The zero-order valence-electron chi connectivity index (χ0n) is 19.7.